The van der Waals surface area contributed by atoms with Gasteiger partial charge in [-0.25, -0.2) is 0 Å². The number of likely N-dealkylation sites (tertiary alicyclic amines) is 1. The second-order valence-corrected chi connectivity index (χ2v) is 7.99. The van der Waals surface area contributed by atoms with Gasteiger partial charge in [-0.15, -0.1) is 24.0 Å². The summed E-state index contributed by atoms with van der Waals surface area (Å²) in [5, 5.41) is 9.75. The Bertz CT molecular complexity index is 633. The lowest BCUT2D eigenvalue weighted by atomic mass is 10.0. The number of hydrogen-bond donors (Lipinski definition) is 3. The van der Waals surface area contributed by atoms with E-state index >= 15 is 0 Å². The van der Waals surface area contributed by atoms with E-state index in [4.69, 9.17) is 0 Å². The van der Waals surface area contributed by atoms with Gasteiger partial charge >= 0.3 is 0 Å². The van der Waals surface area contributed by atoms with Crippen LogP contribution in [-0.4, -0.2) is 61.6 Å². The highest BCUT2D eigenvalue weighted by molar-refractivity contribution is 14.0. The van der Waals surface area contributed by atoms with Crippen LogP contribution in [0, 0.1) is 0 Å². The van der Waals surface area contributed by atoms with E-state index in [-0.39, 0.29) is 29.9 Å². The molecule has 8 heteroatoms. The Morgan fingerprint density at radius 3 is 2.61 bits per heavy atom. The molecular formula is C20H33BrIN5O. The minimum Gasteiger partial charge on any atom is -0.357 e. The van der Waals surface area contributed by atoms with Crippen LogP contribution in [0.25, 0.3) is 0 Å². The van der Waals surface area contributed by atoms with Gasteiger partial charge in [0.05, 0.1) is 6.54 Å². The monoisotopic (exact) mass is 565 g/mol. The fourth-order valence-corrected chi connectivity index (χ4v) is 3.54. The maximum atomic E-state index is 12.2. The highest BCUT2D eigenvalue weighted by Crippen LogP contribution is 2.13. The largest absolute Gasteiger partial charge is 0.357 e. The number of aliphatic imine (C=N–C) groups is 1. The molecule has 158 valence electrons. The lowest BCUT2D eigenvalue weighted by Crippen LogP contribution is -2.50. The smallest absolute Gasteiger partial charge is 0.251 e. The maximum absolute atomic E-state index is 12.2. The molecule has 1 amide bonds. The highest BCUT2D eigenvalue weighted by atomic mass is 127. The molecule has 0 radical (unpaired) electrons. The van der Waals surface area contributed by atoms with E-state index in [9.17, 15) is 4.79 Å². The minimum atomic E-state index is -0.0782. The third-order valence-electron chi connectivity index (χ3n) is 4.70. The van der Waals surface area contributed by atoms with Crippen molar-refractivity contribution in [3.63, 3.8) is 0 Å². The van der Waals surface area contributed by atoms with Crippen LogP contribution in [0.2, 0.25) is 0 Å². The van der Waals surface area contributed by atoms with E-state index in [2.05, 4.69) is 62.5 Å². The number of nitrogens with one attached hydrogen (secondary N) is 3. The molecule has 1 saturated heterocycles. The predicted octanol–water partition coefficient (Wildman–Crippen LogP) is 3.22. The molecule has 2 rings (SSSR count). The third-order valence-corrected chi connectivity index (χ3v) is 5.19. The molecule has 0 aliphatic carbocycles. The summed E-state index contributed by atoms with van der Waals surface area (Å²) in [7, 11) is 0. The first-order chi connectivity index (χ1) is 13.0. The van der Waals surface area contributed by atoms with Gasteiger partial charge in [-0.05, 0) is 51.8 Å². The first-order valence-electron chi connectivity index (χ1n) is 9.82. The van der Waals surface area contributed by atoms with Crippen LogP contribution in [0.1, 0.15) is 44.0 Å². The zero-order chi connectivity index (χ0) is 19.6. The number of halogens is 2. The number of benzene rings is 1. The fraction of sp³-hybridized carbons (Fsp3) is 0.600. The van der Waals surface area contributed by atoms with Gasteiger partial charge in [0.15, 0.2) is 5.96 Å². The molecule has 1 heterocycles. The standard InChI is InChI=1S/C20H32BrN5O.HI/c1-4-22-20(25-18-8-12-26(13-9-18)15(2)3)24-11-10-23-19(27)16-6-5-7-17(21)14-16;/h5-7,14-15,18H,4,8-13H2,1-3H3,(H,23,27)(H2,22,24,25);1H. The summed E-state index contributed by atoms with van der Waals surface area (Å²) in [6.45, 7) is 10.7. The molecule has 1 fully saturated rings. The zero-order valence-electron chi connectivity index (χ0n) is 17.0. The second-order valence-electron chi connectivity index (χ2n) is 7.08. The molecule has 1 aromatic carbocycles. The van der Waals surface area contributed by atoms with Crippen LogP contribution < -0.4 is 16.0 Å². The lowest BCUT2D eigenvalue weighted by molar-refractivity contribution is 0.0954. The zero-order valence-corrected chi connectivity index (χ0v) is 20.9. The number of hydrogen-bond acceptors (Lipinski definition) is 3. The van der Waals surface area contributed by atoms with Crippen molar-refractivity contribution in [3.8, 4) is 0 Å². The average molecular weight is 566 g/mol. The highest BCUT2D eigenvalue weighted by Gasteiger charge is 2.21. The molecule has 28 heavy (non-hydrogen) atoms. The van der Waals surface area contributed by atoms with Crippen molar-refractivity contribution < 1.29 is 4.79 Å². The van der Waals surface area contributed by atoms with Crippen molar-refractivity contribution in [2.45, 2.75) is 45.7 Å². The predicted molar refractivity (Wildman–Crippen MR) is 131 cm³/mol. The lowest BCUT2D eigenvalue weighted by Gasteiger charge is -2.35. The van der Waals surface area contributed by atoms with E-state index in [0.29, 0.717) is 30.7 Å². The van der Waals surface area contributed by atoms with Gasteiger partial charge in [-0.2, -0.15) is 0 Å². The number of guanidine groups is 1. The summed E-state index contributed by atoms with van der Waals surface area (Å²) in [5.41, 5.74) is 0.648. The summed E-state index contributed by atoms with van der Waals surface area (Å²) in [5.74, 6) is 0.753. The van der Waals surface area contributed by atoms with E-state index in [1.54, 1.807) is 6.07 Å². The molecule has 1 aromatic rings. The number of carbonyl (C=O) groups excluding carboxylic acids is 1. The van der Waals surface area contributed by atoms with Crippen LogP contribution in [0.15, 0.2) is 33.7 Å². The van der Waals surface area contributed by atoms with Gasteiger partial charge in [-0.3, -0.25) is 9.79 Å². The van der Waals surface area contributed by atoms with Gasteiger partial charge in [0.25, 0.3) is 5.91 Å². The molecule has 0 atom stereocenters. The van der Waals surface area contributed by atoms with Crippen molar-refractivity contribution in [3.05, 3.63) is 34.3 Å². The molecule has 0 spiro atoms. The Morgan fingerprint density at radius 2 is 2.00 bits per heavy atom. The molecule has 3 N–H and O–H groups in total. The van der Waals surface area contributed by atoms with Crippen LogP contribution in [0.4, 0.5) is 0 Å². The van der Waals surface area contributed by atoms with Gasteiger partial charge in [0.2, 0.25) is 0 Å². The van der Waals surface area contributed by atoms with Gasteiger partial charge in [0, 0.05) is 48.3 Å². The minimum absolute atomic E-state index is 0. The molecular weight excluding hydrogens is 533 g/mol. The number of piperidine rings is 1. The number of nitrogens with zero attached hydrogens (tertiary/aromatic N) is 2. The molecule has 0 aromatic heterocycles. The van der Waals surface area contributed by atoms with Gasteiger partial charge < -0.3 is 20.9 Å². The Morgan fingerprint density at radius 1 is 1.29 bits per heavy atom. The Kier molecular flexibility index (Phi) is 12.0. The fourth-order valence-electron chi connectivity index (χ4n) is 3.14. The van der Waals surface area contributed by atoms with Gasteiger partial charge in [0.1, 0.15) is 0 Å². The average Bonchev–Trinajstić information content (AvgIpc) is 2.65. The normalized spacial score (nSPS) is 15.8. The Labute approximate surface area is 194 Å². The van der Waals surface area contributed by atoms with Crippen LogP contribution in [0.3, 0.4) is 0 Å². The first-order valence-corrected chi connectivity index (χ1v) is 10.6. The van der Waals surface area contributed by atoms with Crippen molar-refractivity contribution in [1.29, 1.82) is 0 Å². The Balaban J connectivity index is 0.00000392. The van der Waals surface area contributed by atoms with Crippen LogP contribution >= 0.6 is 39.9 Å². The summed E-state index contributed by atoms with van der Waals surface area (Å²) < 4.78 is 0.898. The van der Waals surface area contributed by atoms with Crippen molar-refractivity contribution in [2.24, 2.45) is 4.99 Å². The van der Waals surface area contributed by atoms with Crippen LogP contribution in [0.5, 0.6) is 0 Å². The molecule has 6 nitrogen and oxygen atoms in total. The number of rotatable bonds is 7. The van der Waals surface area contributed by atoms with E-state index < -0.39 is 0 Å². The summed E-state index contributed by atoms with van der Waals surface area (Å²) in [6.07, 6.45) is 2.25. The topological polar surface area (TPSA) is 68.8 Å². The summed E-state index contributed by atoms with van der Waals surface area (Å²) in [6, 6.07) is 8.44. The summed E-state index contributed by atoms with van der Waals surface area (Å²) in [4.78, 5) is 19.3. The molecule has 0 saturated carbocycles. The number of amides is 1. The van der Waals surface area contributed by atoms with E-state index in [1.807, 2.05) is 18.2 Å². The molecule has 0 bridgehead atoms. The van der Waals surface area contributed by atoms with Crippen molar-refractivity contribution in [2.75, 3.05) is 32.7 Å². The third kappa shape index (κ3) is 8.65. The molecule has 0 unspecified atom stereocenters. The summed E-state index contributed by atoms with van der Waals surface area (Å²) >= 11 is 3.39. The van der Waals surface area contributed by atoms with Crippen molar-refractivity contribution >= 4 is 51.8 Å². The number of carbonyl (C=O) groups is 1. The molecule has 1 aliphatic heterocycles. The quantitative estimate of drug-likeness (QED) is 0.205. The van der Waals surface area contributed by atoms with Gasteiger partial charge in [-0.1, -0.05) is 22.0 Å². The molecule has 1 aliphatic rings. The SMILES string of the molecule is CCNC(=NCCNC(=O)c1cccc(Br)c1)NC1CCN(C(C)C)CC1.I. The second kappa shape index (κ2) is 13.4. The van der Waals surface area contributed by atoms with E-state index in [1.165, 1.54) is 0 Å². The van der Waals surface area contributed by atoms with Crippen LogP contribution in [-0.2, 0) is 0 Å². The first kappa shape index (κ1) is 25.2. The van der Waals surface area contributed by atoms with Crippen molar-refractivity contribution in [1.82, 2.24) is 20.9 Å². The Hall–Kier alpha value is -0.870. The van der Waals surface area contributed by atoms with E-state index in [0.717, 1.165) is 42.9 Å². The maximum Gasteiger partial charge on any atom is 0.251 e.